The van der Waals surface area contributed by atoms with Gasteiger partial charge in [-0.2, -0.15) is 0 Å². The van der Waals surface area contributed by atoms with Crippen molar-refractivity contribution in [2.45, 2.75) is 95.5 Å². The summed E-state index contributed by atoms with van der Waals surface area (Å²) in [5.41, 5.74) is 4.39. The van der Waals surface area contributed by atoms with Gasteiger partial charge in [-0.15, -0.1) is 0 Å². The normalized spacial score (nSPS) is 14.1. The number of fused-ring (bicyclic) bond motifs is 1. The van der Waals surface area contributed by atoms with Crippen LogP contribution in [0.15, 0.2) is 58.3 Å². The maximum atomic E-state index is 14.6. The van der Waals surface area contributed by atoms with Gasteiger partial charge in [0.05, 0.1) is 26.7 Å². The van der Waals surface area contributed by atoms with Crippen molar-refractivity contribution < 1.29 is 9.32 Å². The Labute approximate surface area is 202 Å². The molecule has 178 valence electrons. The van der Waals surface area contributed by atoms with E-state index < -0.39 is 16.9 Å². The van der Waals surface area contributed by atoms with E-state index in [-0.39, 0.29) is 11.8 Å². The van der Waals surface area contributed by atoms with Gasteiger partial charge in [0.2, 0.25) is 0 Å². The molecule has 0 aliphatic heterocycles. The molecule has 0 bridgehead atoms. The predicted molar refractivity (Wildman–Crippen MR) is 142 cm³/mol. The molecule has 3 aromatic rings. The largest absolute Gasteiger partial charge is 0.388 e. The Kier molecular flexibility index (Phi) is 8.18. The third-order valence-electron chi connectivity index (χ3n) is 6.41. The molecule has 33 heavy (non-hydrogen) atoms. The summed E-state index contributed by atoms with van der Waals surface area (Å²) in [6, 6.07) is 16.6. The lowest BCUT2D eigenvalue weighted by Crippen LogP contribution is -2.12. The lowest BCUT2D eigenvalue weighted by atomic mass is 9.89. The number of hydrogen-bond donors (Lipinski definition) is 1. The summed E-state index contributed by atoms with van der Waals surface area (Å²) >= 11 is 0. The minimum Gasteiger partial charge on any atom is -0.388 e. The first-order valence-corrected chi connectivity index (χ1v) is 13.5. The molecule has 3 aromatic carbocycles. The highest BCUT2D eigenvalue weighted by molar-refractivity contribution is 7.85. The van der Waals surface area contributed by atoms with Crippen LogP contribution < -0.4 is 0 Å². The molecule has 1 unspecified atom stereocenters. The molecular formula is C30H40O2S. The molecule has 2 nitrogen and oxygen atoms in total. The van der Waals surface area contributed by atoms with E-state index in [4.69, 9.17) is 0 Å². The smallest absolute Gasteiger partial charge is 0.0865 e. The topological polar surface area (TPSA) is 37.3 Å². The zero-order chi connectivity index (χ0) is 24.4. The average Bonchev–Trinajstić information content (AvgIpc) is 2.76. The van der Waals surface area contributed by atoms with E-state index in [0.717, 1.165) is 37.3 Å². The van der Waals surface area contributed by atoms with Gasteiger partial charge >= 0.3 is 0 Å². The van der Waals surface area contributed by atoms with Gasteiger partial charge < -0.3 is 5.11 Å². The van der Waals surface area contributed by atoms with Crippen LogP contribution in [0, 0.1) is 5.92 Å². The Hall–Kier alpha value is -1.97. The SMILES string of the molecule is CC(C)C[C@@H](O)c1ccc2ccccc2c1S(=O)c1c(C(C)C)cc(C(C)C)cc1C(C)C. The summed E-state index contributed by atoms with van der Waals surface area (Å²) in [6.07, 6.45) is -0.00314. The third kappa shape index (κ3) is 5.41. The van der Waals surface area contributed by atoms with Gasteiger partial charge in [-0.05, 0) is 63.1 Å². The van der Waals surface area contributed by atoms with E-state index in [9.17, 15) is 9.32 Å². The number of rotatable bonds is 8. The lowest BCUT2D eigenvalue weighted by Gasteiger charge is -2.25. The van der Waals surface area contributed by atoms with E-state index in [1.54, 1.807) is 0 Å². The molecule has 0 saturated carbocycles. The second-order valence-electron chi connectivity index (χ2n) is 10.6. The number of aliphatic hydroxyl groups is 1. The van der Waals surface area contributed by atoms with Crippen molar-refractivity contribution >= 4 is 21.6 Å². The van der Waals surface area contributed by atoms with Gasteiger partial charge in [0.25, 0.3) is 0 Å². The standard InChI is InChI=1S/C30H40O2S/c1-18(2)15-28(31)25-14-13-22-11-9-10-12-24(22)29(25)33(32)30-26(20(5)6)16-23(19(3)4)17-27(30)21(7)8/h9-14,16-21,28,31H,15H2,1-8H3/t28-,33?/m1/s1. The Morgan fingerprint density at radius 2 is 1.30 bits per heavy atom. The maximum absolute atomic E-state index is 14.6. The summed E-state index contributed by atoms with van der Waals surface area (Å²) in [6.45, 7) is 17.4. The summed E-state index contributed by atoms with van der Waals surface area (Å²) < 4.78 is 14.6. The molecule has 3 rings (SSSR count). The highest BCUT2D eigenvalue weighted by atomic mass is 32.2. The summed E-state index contributed by atoms with van der Waals surface area (Å²) in [5, 5.41) is 13.2. The van der Waals surface area contributed by atoms with Gasteiger partial charge in [0, 0.05) is 0 Å². The quantitative estimate of drug-likeness (QED) is 0.363. The molecule has 0 spiro atoms. The van der Waals surface area contributed by atoms with Crippen molar-refractivity contribution in [1.29, 1.82) is 0 Å². The fraction of sp³-hybridized carbons (Fsp3) is 0.467. The van der Waals surface area contributed by atoms with Crippen LogP contribution in [0.4, 0.5) is 0 Å². The summed E-state index contributed by atoms with van der Waals surface area (Å²) in [7, 11) is -1.41. The van der Waals surface area contributed by atoms with Crippen molar-refractivity contribution in [2.75, 3.05) is 0 Å². The Morgan fingerprint density at radius 3 is 1.82 bits per heavy atom. The average molecular weight is 465 g/mol. The molecule has 2 atom stereocenters. The first-order chi connectivity index (χ1) is 15.5. The van der Waals surface area contributed by atoms with Gasteiger partial charge in [-0.3, -0.25) is 0 Å². The van der Waals surface area contributed by atoms with Crippen LogP contribution in [0.2, 0.25) is 0 Å². The molecular weight excluding hydrogens is 424 g/mol. The number of hydrogen-bond acceptors (Lipinski definition) is 2. The zero-order valence-corrected chi connectivity index (χ0v) is 22.3. The monoisotopic (exact) mass is 464 g/mol. The van der Waals surface area contributed by atoms with Crippen LogP contribution in [0.25, 0.3) is 10.8 Å². The van der Waals surface area contributed by atoms with Crippen LogP contribution in [0.1, 0.15) is 108 Å². The molecule has 0 aromatic heterocycles. The second-order valence-corrected chi connectivity index (χ2v) is 12.0. The molecule has 0 saturated heterocycles. The van der Waals surface area contributed by atoms with Crippen molar-refractivity contribution in [3.8, 4) is 0 Å². The van der Waals surface area contributed by atoms with Crippen molar-refractivity contribution in [3.05, 3.63) is 70.8 Å². The second kappa shape index (κ2) is 10.5. The van der Waals surface area contributed by atoms with Crippen LogP contribution in [-0.4, -0.2) is 9.32 Å². The maximum Gasteiger partial charge on any atom is 0.0865 e. The lowest BCUT2D eigenvalue weighted by molar-refractivity contribution is 0.148. The van der Waals surface area contributed by atoms with Crippen LogP contribution >= 0.6 is 0 Å². The van der Waals surface area contributed by atoms with Crippen molar-refractivity contribution in [2.24, 2.45) is 5.92 Å². The Balaban J connectivity index is 2.36. The molecule has 0 aliphatic rings. The molecule has 0 aliphatic carbocycles. The van der Waals surface area contributed by atoms with Crippen LogP contribution in [0.3, 0.4) is 0 Å². The first-order valence-electron chi connectivity index (χ1n) is 12.3. The Morgan fingerprint density at radius 1 is 0.727 bits per heavy atom. The fourth-order valence-electron chi connectivity index (χ4n) is 4.51. The van der Waals surface area contributed by atoms with E-state index in [0.29, 0.717) is 18.3 Å². The minimum absolute atomic E-state index is 0.249. The first kappa shape index (κ1) is 25.6. The van der Waals surface area contributed by atoms with Crippen molar-refractivity contribution in [1.82, 2.24) is 0 Å². The molecule has 0 heterocycles. The minimum atomic E-state index is -1.41. The van der Waals surface area contributed by atoms with Gasteiger partial charge in [0.15, 0.2) is 0 Å². The van der Waals surface area contributed by atoms with E-state index in [1.165, 1.54) is 5.56 Å². The Bertz CT molecular complexity index is 1110. The molecule has 3 heteroatoms. The molecule has 1 N–H and O–H groups in total. The number of aliphatic hydroxyl groups excluding tert-OH is 1. The van der Waals surface area contributed by atoms with E-state index in [1.807, 2.05) is 30.3 Å². The molecule has 0 radical (unpaired) electrons. The zero-order valence-electron chi connectivity index (χ0n) is 21.5. The predicted octanol–water partition coefficient (Wildman–Crippen LogP) is 8.46. The van der Waals surface area contributed by atoms with E-state index in [2.05, 4.69) is 73.6 Å². The van der Waals surface area contributed by atoms with Crippen LogP contribution in [0.5, 0.6) is 0 Å². The summed E-state index contributed by atoms with van der Waals surface area (Å²) in [5.74, 6) is 1.25. The highest BCUT2D eigenvalue weighted by Crippen LogP contribution is 2.40. The molecule has 0 fully saturated rings. The van der Waals surface area contributed by atoms with E-state index >= 15 is 0 Å². The molecule has 0 amide bonds. The summed E-state index contributed by atoms with van der Waals surface area (Å²) in [4.78, 5) is 1.70. The highest BCUT2D eigenvalue weighted by Gasteiger charge is 2.27. The van der Waals surface area contributed by atoms with Crippen LogP contribution in [-0.2, 0) is 10.8 Å². The van der Waals surface area contributed by atoms with Crippen molar-refractivity contribution in [3.63, 3.8) is 0 Å². The number of benzene rings is 3. The van der Waals surface area contributed by atoms with Gasteiger partial charge in [-0.25, -0.2) is 4.21 Å². The fourth-order valence-corrected chi connectivity index (χ4v) is 6.53. The third-order valence-corrected chi connectivity index (χ3v) is 8.08. The van der Waals surface area contributed by atoms with Gasteiger partial charge in [-0.1, -0.05) is 104 Å². The van der Waals surface area contributed by atoms with Gasteiger partial charge in [0.1, 0.15) is 0 Å².